The molecule has 3 atom stereocenters. The normalized spacial score (nSPS) is 16.2. The van der Waals surface area contributed by atoms with Crippen molar-refractivity contribution in [1.29, 1.82) is 0 Å². The quantitative estimate of drug-likeness (QED) is 0.501. The Kier molecular flexibility index (Phi) is 7.66. The molecule has 0 fully saturated rings. The fourth-order valence-corrected chi connectivity index (χ4v) is 2.64. The summed E-state index contributed by atoms with van der Waals surface area (Å²) < 4.78 is 0. The van der Waals surface area contributed by atoms with Gasteiger partial charge in [0.2, 0.25) is 11.8 Å². The Morgan fingerprint density at radius 1 is 1.29 bits per heavy atom. The fraction of sp³-hybridized carbons (Fsp3) is 0.529. The van der Waals surface area contributed by atoms with E-state index in [2.05, 4.69) is 0 Å². The van der Waals surface area contributed by atoms with E-state index in [-0.39, 0.29) is 19.3 Å². The maximum atomic E-state index is 11.5. The molecule has 6 nitrogen and oxygen atoms in total. The van der Waals surface area contributed by atoms with Gasteiger partial charge >= 0.3 is 0 Å². The highest BCUT2D eigenvalue weighted by atomic mass is 35.5. The molecule has 134 valence electrons. The van der Waals surface area contributed by atoms with E-state index in [1.54, 1.807) is 6.07 Å². The highest BCUT2D eigenvalue weighted by molar-refractivity contribution is 6.30. The summed E-state index contributed by atoms with van der Waals surface area (Å²) in [6.07, 6.45) is 0.712. The number of aliphatic hydroxyl groups excluding tert-OH is 1. The lowest BCUT2D eigenvalue weighted by molar-refractivity contribution is -0.136. The van der Waals surface area contributed by atoms with Crippen LogP contribution in [-0.2, 0) is 16.0 Å². The Morgan fingerprint density at radius 2 is 1.96 bits per heavy atom. The third-order valence-electron chi connectivity index (χ3n) is 4.12. The number of rotatable bonds is 10. The van der Waals surface area contributed by atoms with Crippen molar-refractivity contribution in [2.24, 2.45) is 17.4 Å². The number of benzene rings is 1. The van der Waals surface area contributed by atoms with Crippen LogP contribution in [0, 0.1) is 5.92 Å². The number of hydrogen-bond donors (Lipinski definition) is 4. The van der Waals surface area contributed by atoms with E-state index in [0.717, 1.165) is 5.56 Å². The zero-order chi connectivity index (χ0) is 18.3. The largest absolute Gasteiger partial charge is 0.393 e. The number of carbonyl (C=O) groups excluding carboxylic acids is 2. The van der Waals surface area contributed by atoms with E-state index in [4.69, 9.17) is 23.1 Å². The molecule has 0 aliphatic carbocycles. The molecule has 0 aliphatic heterocycles. The van der Waals surface area contributed by atoms with E-state index < -0.39 is 29.4 Å². The first-order valence-corrected chi connectivity index (χ1v) is 8.23. The average molecular weight is 357 g/mol. The van der Waals surface area contributed by atoms with Gasteiger partial charge in [-0.15, -0.1) is 0 Å². The minimum atomic E-state index is -1.69. The molecule has 1 aromatic carbocycles. The number of aliphatic hydroxyl groups is 2. The number of carbonyl (C=O) groups is 2. The summed E-state index contributed by atoms with van der Waals surface area (Å²) in [5.74, 6) is -2.06. The number of primary amides is 2. The van der Waals surface area contributed by atoms with Crippen LogP contribution in [0.15, 0.2) is 24.3 Å². The number of nitrogens with two attached hydrogens (primary N) is 2. The Morgan fingerprint density at radius 3 is 2.50 bits per heavy atom. The van der Waals surface area contributed by atoms with Crippen LogP contribution in [0.5, 0.6) is 0 Å². The first-order valence-electron chi connectivity index (χ1n) is 7.86. The summed E-state index contributed by atoms with van der Waals surface area (Å²) in [7, 11) is 0. The van der Waals surface area contributed by atoms with Crippen LogP contribution in [0.25, 0.3) is 0 Å². The molecule has 24 heavy (non-hydrogen) atoms. The van der Waals surface area contributed by atoms with Gasteiger partial charge in [0.1, 0.15) is 5.60 Å². The number of hydrogen-bond acceptors (Lipinski definition) is 4. The number of aryl methyl sites for hydroxylation is 1. The van der Waals surface area contributed by atoms with Crippen molar-refractivity contribution in [2.75, 3.05) is 0 Å². The second kappa shape index (κ2) is 9.01. The summed E-state index contributed by atoms with van der Waals surface area (Å²) in [5.41, 5.74) is 9.74. The Labute approximate surface area is 146 Å². The molecule has 0 saturated carbocycles. The Hall–Kier alpha value is -1.63. The van der Waals surface area contributed by atoms with Gasteiger partial charge in [0, 0.05) is 10.9 Å². The summed E-state index contributed by atoms with van der Waals surface area (Å²) in [6.45, 7) is 1.29. The van der Waals surface area contributed by atoms with Crippen LogP contribution in [-0.4, -0.2) is 33.7 Å². The van der Waals surface area contributed by atoms with Gasteiger partial charge in [0.05, 0.1) is 6.10 Å². The second-order valence-electron chi connectivity index (χ2n) is 6.33. The topological polar surface area (TPSA) is 127 Å². The van der Waals surface area contributed by atoms with Crippen molar-refractivity contribution in [3.05, 3.63) is 34.9 Å². The molecule has 0 spiro atoms. The van der Waals surface area contributed by atoms with E-state index in [0.29, 0.717) is 17.9 Å². The zero-order valence-corrected chi connectivity index (χ0v) is 14.5. The van der Waals surface area contributed by atoms with Crippen molar-refractivity contribution < 1.29 is 19.8 Å². The van der Waals surface area contributed by atoms with Crippen LogP contribution in [0.1, 0.15) is 38.2 Å². The van der Waals surface area contributed by atoms with Gasteiger partial charge in [-0.3, -0.25) is 9.59 Å². The van der Waals surface area contributed by atoms with E-state index in [1.807, 2.05) is 18.2 Å². The van der Waals surface area contributed by atoms with Crippen molar-refractivity contribution in [3.8, 4) is 0 Å². The lowest BCUT2D eigenvalue weighted by atomic mass is 9.88. The minimum Gasteiger partial charge on any atom is -0.393 e. The summed E-state index contributed by atoms with van der Waals surface area (Å²) >= 11 is 5.91. The van der Waals surface area contributed by atoms with Crippen LogP contribution in [0.3, 0.4) is 0 Å². The van der Waals surface area contributed by atoms with Gasteiger partial charge in [-0.05, 0) is 56.7 Å². The summed E-state index contributed by atoms with van der Waals surface area (Å²) in [4.78, 5) is 22.6. The molecular formula is C17H25ClN2O4. The highest BCUT2D eigenvalue weighted by Crippen LogP contribution is 2.22. The summed E-state index contributed by atoms with van der Waals surface area (Å²) in [6, 6.07) is 7.34. The molecular weight excluding hydrogens is 332 g/mol. The van der Waals surface area contributed by atoms with Crippen molar-refractivity contribution in [2.45, 2.75) is 50.7 Å². The lowest BCUT2D eigenvalue weighted by Crippen LogP contribution is -2.42. The molecule has 1 unspecified atom stereocenters. The molecule has 0 aliphatic rings. The lowest BCUT2D eigenvalue weighted by Gasteiger charge is -2.23. The van der Waals surface area contributed by atoms with Crippen molar-refractivity contribution in [3.63, 3.8) is 0 Å². The predicted octanol–water partition coefficient (Wildman–Crippen LogP) is 1.14. The van der Waals surface area contributed by atoms with Crippen LogP contribution in [0.2, 0.25) is 5.02 Å². The molecule has 0 heterocycles. The maximum absolute atomic E-state index is 11.5. The first kappa shape index (κ1) is 20.4. The van der Waals surface area contributed by atoms with Crippen LogP contribution >= 0.6 is 11.6 Å². The number of amides is 2. The van der Waals surface area contributed by atoms with Gasteiger partial charge in [-0.1, -0.05) is 23.7 Å². The molecule has 0 aromatic heterocycles. The predicted molar refractivity (Wildman–Crippen MR) is 92.1 cm³/mol. The van der Waals surface area contributed by atoms with Gasteiger partial charge in [0.15, 0.2) is 0 Å². The first-order chi connectivity index (χ1) is 11.1. The van der Waals surface area contributed by atoms with E-state index >= 15 is 0 Å². The summed E-state index contributed by atoms with van der Waals surface area (Å²) in [5, 5.41) is 20.6. The van der Waals surface area contributed by atoms with Crippen LogP contribution in [0.4, 0.5) is 0 Å². The highest BCUT2D eigenvalue weighted by Gasteiger charge is 2.30. The van der Waals surface area contributed by atoms with Crippen LogP contribution < -0.4 is 11.5 Å². The smallest absolute Gasteiger partial charge is 0.249 e. The molecule has 1 aromatic rings. The maximum Gasteiger partial charge on any atom is 0.249 e. The Balaban J connectivity index is 2.52. The second-order valence-corrected chi connectivity index (χ2v) is 6.77. The zero-order valence-electron chi connectivity index (χ0n) is 13.7. The van der Waals surface area contributed by atoms with Crippen molar-refractivity contribution in [1.82, 2.24) is 0 Å². The minimum absolute atomic E-state index is 0.0109. The molecule has 0 radical (unpaired) electrons. The SMILES string of the molecule is CC(O)(CC[C@H](C[C@@H](O)CCc1cccc(Cl)c1)C(N)=O)C(N)=O. The van der Waals surface area contributed by atoms with Gasteiger partial charge in [0.25, 0.3) is 0 Å². The molecule has 0 bridgehead atoms. The number of halogens is 1. The van der Waals surface area contributed by atoms with Gasteiger partial charge < -0.3 is 21.7 Å². The standard InChI is InChI=1S/C17H25ClN2O4/c1-17(24,16(20)23)8-7-12(15(19)22)10-14(21)6-5-11-3-2-4-13(18)9-11/h2-4,9,12,14,21,24H,5-8,10H2,1H3,(H2,19,22)(H2,20,23)/t12-,14+,17?/m1/s1. The third-order valence-corrected chi connectivity index (χ3v) is 4.36. The van der Waals surface area contributed by atoms with E-state index in [1.165, 1.54) is 6.92 Å². The molecule has 7 heteroatoms. The third kappa shape index (κ3) is 6.86. The van der Waals surface area contributed by atoms with Gasteiger partial charge in [-0.2, -0.15) is 0 Å². The van der Waals surface area contributed by atoms with E-state index in [9.17, 15) is 19.8 Å². The molecule has 6 N–H and O–H groups in total. The molecule has 1 rings (SSSR count). The Bertz CT molecular complexity index is 577. The van der Waals surface area contributed by atoms with Gasteiger partial charge in [-0.25, -0.2) is 0 Å². The van der Waals surface area contributed by atoms with Crippen molar-refractivity contribution >= 4 is 23.4 Å². The fourth-order valence-electron chi connectivity index (χ4n) is 2.43. The average Bonchev–Trinajstić information content (AvgIpc) is 2.49. The monoisotopic (exact) mass is 356 g/mol. The molecule has 0 saturated heterocycles. The molecule has 2 amide bonds.